The summed E-state index contributed by atoms with van der Waals surface area (Å²) in [5, 5.41) is 4.58. The fourth-order valence-electron chi connectivity index (χ4n) is 3.80. The zero-order chi connectivity index (χ0) is 22.6. The lowest BCUT2D eigenvalue weighted by Gasteiger charge is -2.14. The molecule has 0 bridgehead atoms. The van der Waals surface area contributed by atoms with Crippen molar-refractivity contribution in [2.24, 2.45) is 0 Å². The first-order chi connectivity index (χ1) is 16.2. The highest BCUT2D eigenvalue weighted by Crippen LogP contribution is 2.31. The standard InChI is InChI=1S/C29H26N2OS/c1-20-11-16-26-28(17-20)33-29(31-26)22-12-14-25(15-13-22)30-18-23-8-5-6-10-27(23)32-19-24-9-4-3-7-21(24)2/h3-17,30H,18-19H2,1-2H3. The van der Waals surface area contributed by atoms with Crippen molar-refractivity contribution < 1.29 is 4.74 Å². The number of thiazole rings is 1. The predicted molar refractivity (Wildman–Crippen MR) is 139 cm³/mol. The SMILES string of the molecule is Cc1ccc2nc(-c3ccc(NCc4ccccc4OCc4ccccc4C)cc3)sc2c1. The second kappa shape index (κ2) is 9.47. The molecule has 1 heterocycles. The molecule has 0 saturated heterocycles. The topological polar surface area (TPSA) is 34.2 Å². The molecule has 0 radical (unpaired) electrons. The van der Waals surface area contributed by atoms with Crippen LogP contribution in [0.4, 0.5) is 5.69 Å². The van der Waals surface area contributed by atoms with E-state index in [1.807, 2.05) is 12.1 Å². The molecule has 0 fully saturated rings. The van der Waals surface area contributed by atoms with E-state index in [9.17, 15) is 0 Å². The number of fused-ring (bicyclic) bond motifs is 1. The Morgan fingerprint density at radius 3 is 2.39 bits per heavy atom. The van der Waals surface area contributed by atoms with Crippen molar-refractivity contribution in [3.05, 3.63) is 113 Å². The molecule has 5 rings (SSSR count). The van der Waals surface area contributed by atoms with E-state index in [0.717, 1.165) is 33.1 Å². The van der Waals surface area contributed by atoms with Crippen LogP contribution >= 0.6 is 11.3 Å². The third-order valence-electron chi connectivity index (χ3n) is 5.78. The van der Waals surface area contributed by atoms with Crippen LogP contribution in [0, 0.1) is 13.8 Å². The summed E-state index contributed by atoms with van der Waals surface area (Å²) in [6.07, 6.45) is 0. The van der Waals surface area contributed by atoms with Crippen LogP contribution in [0.5, 0.6) is 5.75 Å². The van der Waals surface area contributed by atoms with Gasteiger partial charge in [-0.15, -0.1) is 11.3 Å². The van der Waals surface area contributed by atoms with Crippen molar-refractivity contribution in [1.29, 1.82) is 0 Å². The van der Waals surface area contributed by atoms with Crippen molar-refractivity contribution in [2.45, 2.75) is 27.0 Å². The summed E-state index contributed by atoms with van der Waals surface area (Å²) in [5.41, 5.74) is 8.13. The number of nitrogens with one attached hydrogen (secondary N) is 1. The van der Waals surface area contributed by atoms with Crippen molar-refractivity contribution in [3.63, 3.8) is 0 Å². The molecule has 3 nitrogen and oxygen atoms in total. The van der Waals surface area contributed by atoms with E-state index in [4.69, 9.17) is 9.72 Å². The number of rotatable bonds is 7. The Kier molecular flexibility index (Phi) is 6.09. The molecule has 0 unspecified atom stereocenters. The highest BCUT2D eigenvalue weighted by atomic mass is 32.1. The molecule has 0 amide bonds. The summed E-state index contributed by atoms with van der Waals surface area (Å²) in [6, 6.07) is 31.5. The van der Waals surface area contributed by atoms with E-state index < -0.39 is 0 Å². The maximum absolute atomic E-state index is 6.16. The number of aryl methyl sites for hydroxylation is 2. The number of anilines is 1. The van der Waals surface area contributed by atoms with Crippen LogP contribution in [0.1, 0.15) is 22.3 Å². The summed E-state index contributed by atoms with van der Waals surface area (Å²) < 4.78 is 7.39. The predicted octanol–water partition coefficient (Wildman–Crippen LogP) is 7.77. The van der Waals surface area contributed by atoms with E-state index in [-0.39, 0.29) is 0 Å². The average molecular weight is 451 g/mol. The first-order valence-corrected chi connectivity index (χ1v) is 11.9. The molecule has 0 atom stereocenters. The summed E-state index contributed by atoms with van der Waals surface area (Å²) in [6.45, 7) is 5.50. The van der Waals surface area contributed by atoms with Crippen molar-refractivity contribution in [2.75, 3.05) is 5.32 Å². The van der Waals surface area contributed by atoms with Crippen molar-refractivity contribution in [1.82, 2.24) is 4.98 Å². The fourth-order valence-corrected chi connectivity index (χ4v) is 4.87. The van der Waals surface area contributed by atoms with Gasteiger partial charge in [0.05, 0.1) is 10.2 Å². The van der Waals surface area contributed by atoms with Gasteiger partial charge in [0.2, 0.25) is 0 Å². The van der Waals surface area contributed by atoms with Gasteiger partial charge in [0.1, 0.15) is 17.4 Å². The molecular formula is C29H26N2OS. The van der Waals surface area contributed by atoms with Crippen LogP contribution in [0.15, 0.2) is 91.0 Å². The highest BCUT2D eigenvalue weighted by molar-refractivity contribution is 7.21. The molecule has 1 aromatic heterocycles. The lowest BCUT2D eigenvalue weighted by molar-refractivity contribution is 0.302. The molecule has 0 aliphatic carbocycles. The fraction of sp³-hybridized carbons (Fsp3) is 0.138. The number of hydrogen-bond acceptors (Lipinski definition) is 4. The maximum atomic E-state index is 6.16. The minimum Gasteiger partial charge on any atom is -0.489 e. The Morgan fingerprint density at radius 1 is 0.818 bits per heavy atom. The molecular weight excluding hydrogens is 424 g/mol. The maximum Gasteiger partial charge on any atom is 0.124 e. The van der Waals surface area contributed by atoms with Gasteiger partial charge in [-0.25, -0.2) is 4.98 Å². The zero-order valence-corrected chi connectivity index (χ0v) is 19.7. The second-order valence-electron chi connectivity index (χ2n) is 8.24. The van der Waals surface area contributed by atoms with Crippen LogP contribution in [-0.2, 0) is 13.2 Å². The summed E-state index contributed by atoms with van der Waals surface area (Å²) >= 11 is 1.74. The van der Waals surface area contributed by atoms with Gasteiger partial charge in [0.15, 0.2) is 0 Å². The van der Waals surface area contributed by atoms with E-state index in [1.165, 1.54) is 21.4 Å². The minimum absolute atomic E-state index is 0.570. The lowest BCUT2D eigenvalue weighted by Crippen LogP contribution is -2.04. The van der Waals surface area contributed by atoms with Gasteiger partial charge in [-0.05, 0) is 73.0 Å². The summed E-state index contributed by atoms with van der Waals surface area (Å²) in [5.74, 6) is 0.912. The molecule has 1 N–H and O–H groups in total. The smallest absolute Gasteiger partial charge is 0.124 e. The number of nitrogens with zero attached hydrogens (tertiary/aromatic N) is 1. The van der Waals surface area contributed by atoms with Gasteiger partial charge < -0.3 is 10.1 Å². The van der Waals surface area contributed by atoms with Crippen LogP contribution in [-0.4, -0.2) is 4.98 Å². The third kappa shape index (κ3) is 4.91. The van der Waals surface area contributed by atoms with Gasteiger partial charge >= 0.3 is 0 Å². The Hall–Kier alpha value is -3.63. The van der Waals surface area contributed by atoms with Gasteiger partial charge in [-0.3, -0.25) is 0 Å². The number of para-hydroxylation sites is 1. The van der Waals surface area contributed by atoms with Gasteiger partial charge in [0.25, 0.3) is 0 Å². The van der Waals surface area contributed by atoms with Crippen LogP contribution in [0.25, 0.3) is 20.8 Å². The first-order valence-electron chi connectivity index (χ1n) is 11.1. The minimum atomic E-state index is 0.570. The molecule has 0 spiro atoms. The van der Waals surface area contributed by atoms with Crippen molar-refractivity contribution in [3.8, 4) is 16.3 Å². The van der Waals surface area contributed by atoms with E-state index in [1.54, 1.807) is 11.3 Å². The quantitative estimate of drug-likeness (QED) is 0.275. The molecule has 33 heavy (non-hydrogen) atoms. The number of ether oxygens (including phenoxy) is 1. The molecule has 164 valence electrons. The summed E-state index contributed by atoms with van der Waals surface area (Å²) in [7, 11) is 0. The number of aromatic nitrogens is 1. The van der Waals surface area contributed by atoms with E-state index >= 15 is 0 Å². The molecule has 0 aliphatic heterocycles. The Balaban J connectivity index is 1.25. The molecule has 0 saturated carbocycles. The Labute approximate surface area is 198 Å². The third-order valence-corrected chi connectivity index (χ3v) is 6.84. The average Bonchev–Trinajstić information content (AvgIpc) is 3.26. The van der Waals surface area contributed by atoms with Gasteiger partial charge in [-0.2, -0.15) is 0 Å². The monoisotopic (exact) mass is 450 g/mol. The van der Waals surface area contributed by atoms with Gasteiger partial charge in [0, 0.05) is 23.4 Å². The van der Waals surface area contributed by atoms with Crippen LogP contribution in [0.2, 0.25) is 0 Å². The number of hydrogen-bond donors (Lipinski definition) is 1. The Bertz CT molecular complexity index is 1390. The van der Waals surface area contributed by atoms with E-state index in [0.29, 0.717) is 13.2 Å². The second-order valence-corrected chi connectivity index (χ2v) is 9.27. The van der Waals surface area contributed by atoms with Crippen LogP contribution < -0.4 is 10.1 Å². The van der Waals surface area contributed by atoms with E-state index in [2.05, 4.69) is 98.0 Å². The summed E-state index contributed by atoms with van der Waals surface area (Å²) in [4.78, 5) is 4.79. The molecule has 4 heteroatoms. The molecule has 0 aliphatic rings. The molecule has 4 aromatic carbocycles. The first kappa shape index (κ1) is 21.2. The lowest BCUT2D eigenvalue weighted by atomic mass is 10.1. The highest BCUT2D eigenvalue weighted by Gasteiger charge is 2.08. The van der Waals surface area contributed by atoms with Crippen molar-refractivity contribution >= 4 is 27.2 Å². The zero-order valence-electron chi connectivity index (χ0n) is 18.8. The molecule has 5 aromatic rings. The Morgan fingerprint density at radius 2 is 1.58 bits per heavy atom. The largest absolute Gasteiger partial charge is 0.489 e. The normalized spacial score (nSPS) is 11.0. The van der Waals surface area contributed by atoms with Crippen LogP contribution in [0.3, 0.4) is 0 Å². The van der Waals surface area contributed by atoms with Gasteiger partial charge in [-0.1, -0.05) is 48.5 Å². The number of benzene rings is 4.